The lowest BCUT2D eigenvalue weighted by Gasteiger charge is -2.24. The highest BCUT2D eigenvalue weighted by molar-refractivity contribution is 6.30. The summed E-state index contributed by atoms with van der Waals surface area (Å²) in [6, 6.07) is 3.03. The molecule has 0 radical (unpaired) electrons. The highest BCUT2D eigenvalue weighted by atomic mass is 35.5. The van der Waals surface area contributed by atoms with Gasteiger partial charge in [-0.05, 0) is 48.2 Å². The first kappa shape index (κ1) is 20.4. The Hall–Kier alpha value is -2.31. The van der Waals surface area contributed by atoms with Gasteiger partial charge in [-0.2, -0.15) is 0 Å². The van der Waals surface area contributed by atoms with Crippen LogP contribution in [0.5, 0.6) is 0 Å². The smallest absolute Gasteiger partial charge is 0.265 e. The summed E-state index contributed by atoms with van der Waals surface area (Å²) in [7, 11) is 0. The molecule has 0 saturated heterocycles. The maximum absolute atomic E-state index is 13.4. The number of fused-ring (bicyclic) bond motifs is 1. The van der Waals surface area contributed by atoms with E-state index in [1.165, 1.54) is 6.07 Å². The van der Waals surface area contributed by atoms with E-state index in [0.717, 1.165) is 10.7 Å². The molecule has 1 aliphatic carbocycles. The van der Waals surface area contributed by atoms with Crippen LogP contribution >= 0.6 is 11.6 Å². The van der Waals surface area contributed by atoms with Crippen LogP contribution in [0.3, 0.4) is 0 Å². The molecule has 0 amide bonds. The third-order valence-corrected chi connectivity index (χ3v) is 5.62. The molecule has 1 aromatic carbocycles. The SMILES string of the molecule is CCC(O)c1c(N=O)ccc2c(=O)n(C3=CC=C(Cl)C(C)C3)c(C(C)C)nc12. The molecular weight excluding hydrogens is 378 g/mol. The number of nitroso groups, excluding NO2 is 1. The molecule has 2 unspecified atom stereocenters. The summed E-state index contributed by atoms with van der Waals surface area (Å²) in [5, 5.41) is 14.6. The molecule has 6 nitrogen and oxygen atoms in total. The van der Waals surface area contributed by atoms with Crippen molar-refractivity contribution in [2.45, 2.75) is 52.6 Å². The number of nitrogens with zero attached hydrogens (tertiary/aromatic N) is 3. The Balaban J connectivity index is 2.39. The molecule has 148 valence electrons. The van der Waals surface area contributed by atoms with Crippen molar-refractivity contribution < 1.29 is 5.11 Å². The molecule has 0 saturated carbocycles. The van der Waals surface area contributed by atoms with E-state index in [2.05, 4.69) is 5.18 Å². The van der Waals surface area contributed by atoms with Gasteiger partial charge in [-0.3, -0.25) is 9.36 Å². The lowest BCUT2D eigenvalue weighted by atomic mass is 9.98. The first-order chi connectivity index (χ1) is 13.3. The Morgan fingerprint density at radius 2 is 2.07 bits per heavy atom. The first-order valence-corrected chi connectivity index (χ1v) is 9.85. The van der Waals surface area contributed by atoms with Crippen LogP contribution in [0.2, 0.25) is 0 Å². The Morgan fingerprint density at radius 1 is 1.36 bits per heavy atom. The van der Waals surface area contributed by atoms with Gasteiger partial charge in [0.1, 0.15) is 11.5 Å². The highest BCUT2D eigenvalue weighted by Gasteiger charge is 2.24. The number of aliphatic hydroxyl groups is 1. The van der Waals surface area contributed by atoms with Crippen molar-refractivity contribution in [1.82, 2.24) is 9.55 Å². The van der Waals surface area contributed by atoms with E-state index < -0.39 is 6.10 Å². The molecule has 2 aromatic rings. The van der Waals surface area contributed by atoms with Crippen LogP contribution in [-0.4, -0.2) is 14.7 Å². The fraction of sp³-hybridized carbons (Fsp3) is 0.429. The second-order valence-corrected chi connectivity index (χ2v) is 7.93. The number of benzene rings is 1. The number of hydrogen-bond donors (Lipinski definition) is 1. The van der Waals surface area contributed by atoms with E-state index in [-0.39, 0.29) is 23.1 Å². The average Bonchev–Trinajstić information content (AvgIpc) is 2.68. The van der Waals surface area contributed by atoms with Crippen LogP contribution in [0, 0.1) is 10.8 Å². The lowest BCUT2D eigenvalue weighted by Crippen LogP contribution is -2.27. The van der Waals surface area contributed by atoms with Gasteiger partial charge in [0.2, 0.25) is 0 Å². The monoisotopic (exact) mass is 401 g/mol. The molecule has 1 aliphatic rings. The summed E-state index contributed by atoms with van der Waals surface area (Å²) in [5.74, 6) is 0.646. The second kappa shape index (κ2) is 7.97. The maximum atomic E-state index is 13.4. The Kier molecular flexibility index (Phi) is 5.82. The molecule has 0 fully saturated rings. The van der Waals surface area contributed by atoms with E-state index in [1.54, 1.807) is 17.6 Å². The van der Waals surface area contributed by atoms with Gasteiger partial charge in [-0.25, -0.2) is 4.98 Å². The minimum atomic E-state index is -0.921. The molecule has 3 rings (SSSR count). The normalized spacial score (nSPS) is 18.2. The predicted octanol–water partition coefficient (Wildman–Crippen LogP) is 5.36. The summed E-state index contributed by atoms with van der Waals surface area (Å²) < 4.78 is 1.64. The number of aromatic nitrogens is 2. The number of halogens is 1. The van der Waals surface area contributed by atoms with Crippen molar-refractivity contribution in [3.63, 3.8) is 0 Å². The van der Waals surface area contributed by atoms with Crippen LogP contribution in [0.15, 0.2) is 39.3 Å². The predicted molar refractivity (Wildman–Crippen MR) is 113 cm³/mol. The van der Waals surface area contributed by atoms with Crippen molar-refractivity contribution >= 4 is 33.9 Å². The molecule has 0 aliphatic heterocycles. The quantitative estimate of drug-likeness (QED) is 0.683. The van der Waals surface area contributed by atoms with Gasteiger partial charge in [0.05, 0.1) is 17.0 Å². The topological polar surface area (TPSA) is 84.5 Å². The van der Waals surface area contributed by atoms with E-state index in [1.807, 2.05) is 32.9 Å². The van der Waals surface area contributed by atoms with E-state index in [9.17, 15) is 14.8 Å². The third kappa shape index (κ3) is 3.42. The standard InChI is InChI=1S/C21H24ClN3O3/c1-5-17(26)18-16(24-28)9-7-14-19(18)23-20(11(2)3)25(21(14)27)13-6-8-15(22)12(4)10-13/h6-9,11-12,17,26H,5,10H2,1-4H3. The van der Waals surface area contributed by atoms with Crippen LogP contribution < -0.4 is 5.56 Å². The zero-order valence-electron chi connectivity index (χ0n) is 16.4. The number of hydrogen-bond acceptors (Lipinski definition) is 5. The zero-order valence-corrected chi connectivity index (χ0v) is 17.2. The van der Waals surface area contributed by atoms with Gasteiger partial charge in [-0.15, -0.1) is 4.91 Å². The Labute approximate surface area is 168 Å². The molecule has 0 bridgehead atoms. The van der Waals surface area contributed by atoms with Gasteiger partial charge >= 0.3 is 0 Å². The van der Waals surface area contributed by atoms with Gasteiger partial charge in [-0.1, -0.05) is 39.3 Å². The molecule has 1 aromatic heterocycles. The summed E-state index contributed by atoms with van der Waals surface area (Å²) in [6.45, 7) is 7.72. The largest absolute Gasteiger partial charge is 0.388 e. The van der Waals surface area contributed by atoms with Crippen LogP contribution in [0.1, 0.15) is 63.9 Å². The van der Waals surface area contributed by atoms with Crippen molar-refractivity contribution in [2.24, 2.45) is 11.1 Å². The highest BCUT2D eigenvalue weighted by Crippen LogP contribution is 2.35. The van der Waals surface area contributed by atoms with Crippen LogP contribution in [0.25, 0.3) is 16.6 Å². The third-order valence-electron chi connectivity index (χ3n) is 5.13. The minimum Gasteiger partial charge on any atom is -0.388 e. The first-order valence-electron chi connectivity index (χ1n) is 9.47. The van der Waals surface area contributed by atoms with Gasteiger partial charge < -0.3 is 5.11 Å². The average molecular weight is 402 g/mol. The van der Waals surface area contributed by atoms with Gasteiger partial charge in [0.25, 0.3) is 5.56 Å². The molecule has 1 heterocycles. The Morgan fingerprint density at radius 3 is 2.64 bits per heavy atom. The van der Waals surface area contributed by atoms with Gasteiger partial charge in [0.15, 0.2) is 0 Å². The summed E-state index contributed by atoms with van der Waals surface area (Å²) in [6.07, 6.45) is 3.76. The van der Waals surface area contributed by atoms with Crippen molar-refractivity contribution in [1.29, 1.82) is 0 Å². The summed E-state index contributed by atoms with van der Waals surface area (Å²) in [5.41, 5.74) is 1.38. The number of rotatable bonds is 5. The van der Waals surface area contributed by atoms with Crippen molar-refractivity contribution in [3.05, 3.63) is 56.0 Å². The fourth-order valence-electron chi connectivity index (χ4n) is 3.54. The minimum absolute atomic E-state index is 0.0471. The molecule has 28 heavy (non-hydrogen) atoms. The van der Waals surface area contributed by atoms with Crippen molar-refractivity contribution in [2.75, 3.05) is 0 Å². The van der Waals surface area contributed by atoms with Gasteiger partial charge in [0, 0.05) is 22.2 Å². The second-order valence-electron chi connectivity index (χ2n) is 7.49. The van der Waals surface area contributed by atoms with E-state index in [0.29, 0.717) is 35.1 Å². The number of allylic oxidation sites excluding steroid dienone is 4. The maximum Gasteiger partial charge on any atom is 0.265 e. The Bertz CT molecular complexity index is 1050. The summed E-state index contributed by atoms with van der Waals surface area (Å²) >= 11 is 6.21. The van der Waals surface area contributed by atoms with E-state index >= 15 is 0 Å². The molecular formula is C21H24ClN3O3. The molecule has 2 atom stereocenters. The van der Waals surface area contributed by atoms with Crippen LogP contribution in [0.4, 0.5) is 5.69 Å². The molecule has 1 N–H and O–H groups in total. The molecule has 7 heteroatoms. The van der Waals surface area contributed by atoms with Crippen LogP contribution in [-0.2, 0) is 0 Å². The van der Waals surface area contributed by atoms with E-state index in [4.69, 9.17) is 16.6 Å². The molecule has 0 spiro atoms. The fourth-order valence-corrected chi connectivity index (χ4v) is 3.68. The van der Waals surface area contributed by atoms with Crippen molar-refractivity contribution in [3.8, 4) is 0 Å². The lowest BCUT2D eigenvalue weighted by molar-refractivity contribution is 0.175. The summed E-state index contributed by atoms with van der Waals surface area (Å²) in [4.78, 5) is 29.5. The zero-order chi connectivity index (χ0) is 20.6. The number of aliphatic hydroxyl groups excluding tert-OH is 1.